The molecule has 3 aromatic rings. The van der Waals surface area contributed by atoms with Crippen LogP contribution in [-0.4, -0.2) is 50.8 Å². The standard InChI is InChI=1S/C27H31ClN6O3S/c1-5-22(35)31-18-10-8-17(9-11-18)25(36)34-12-6-7-19(15-34)32-26-30-13-20(28)24(33-26)38-16-23-29-14-21(37-23)27(2,3)4/h5,8-11,13-14,19H,1,6-7,12,15-16H2,2-4H3,(H,31,35)(H,30,32,33). The van der Waals surface area contributed by atoms with Gasteiger partial charge in [0.2, 0.25) is 17.7 Å². The van der Waals surface area contributed by atoms with Crippen LogP contribution in [-0.2, 0) is 16.0 Å². The lowest BCUT2D eigenvalue weighted by Crippen LogP contribution is -2.45. The summed E-state index contributed by atoms with van der Waals surface area (Å²) >= 11 is 7.79. The van der Waals surface area contributed by atoms with E-state index in [2.05, 4.69) is 52.9 Å². The maximum absolute atomic E-state index is 13.1. The van der Waals surface area contributed by atoms with Crippen molar-refractivity contribution in [1.29, 1.82) is 0 Å². The number of amides is 2. The first-order valence-corrected chi connectivity index (χ1v) is 13.7. The summed E-state index contributed by atoms with van der Waals surface area (Å²) in [6.45, 7) is 10.9. The number of piperidine rings is 1. The molecule has 1 aromatic carbocycles. The molecule has 0 spiro atoms. The van der Waals surface area contributed by atoms with Crippen molar-refractivity contribution in [2.45, 2.75) is 55.8 Å². The number of anilines is 2. The number of nitrogens with zero attached hydrogens (tertiary/aromatic N) is 4. The zero-order chi connectivity index (χ0) is 27.3. The number of thioether (sulfide) groups is 1. The van der Waals surface area contributed by atoms with E-state index in [0.717, 1.165) is 18.6 Å². The molecule has 200 valence electrons. The Labute approximate surface area is 231 Å². The number of benzene rings is 1. The molecule has 1 aliphatic rings. The van der Waals surface area contributed by atoms with Gasteiger partial charge in [-0.3, -0.25) is 9.59 Å². The third kappa shape index (κ3) is 7.14. The lowest BCUT2D eigenvalue weighted by atomic mass is 9.94. The Morgan fingerprint density at radius 2 is 2.00 bits per heavy atom. The zero-order valence-corrected chi connectivity index (χ0v) is 23.2. The minimum Gasteiger partial charge on any atom is -0.444 e. The number of halogens is 1. The summed E-state index contributed by atoms with van der Waals surface area (Å²) in [6, 6.07) is 6.83. The molecule has 2 N–H and O–H groups in total. The summed E-state index contributed by atoms with van der Waals surface area (Å²) in [5.41, 5.74) is 1.06. The van der Waals surface area contributed by atoms with Gasteiger partial charge in [-0.2, -0.15) is 0 Å². The van der Waals surface area contributed by atoms with Crippen molar-refractivity contribution in [3.05, 3.63) is 71.6 Å². The third-order valence-electron chi connectivity index (χ3n) is 5.96. The van der Waals surface area contributed by atoms with Gasteiger partial charge < -0.3 is 20.0 Å². The predicted octanol–water partition coefficient (Wildman–Crippen LogP) is 5.55. The fourth-order valence-corrected chi connectivity index (χ4v) is 4.90. The Hall–Kier alpha value is -3.37. The molecular formula is C27H31ClN6O3S. The van der Waals surface area contributed by atoms with Crippen molar-refractivity contribution in [1.82, 2.24) is 19.9 Å². The van der Waals surface area contributed by atoms with Gasteiger partial charge in [0.15, 0.2) is 0 Å². The Morgan fingerprint density at radius 3 is 2.68 bits per heavy atom. The Morgan fingerprint density at radius 1 is 1.24 bits per heavy atom. The largest absolute Gasteiger partial charge is 0.444 e. The molecule has 11 heteroatoms. The second kappa shape index (κ2) is 12.0. The van der Waals surface area contributed by atoms with Gasteiger partial charge in [0, 0.05) is 35.8 Å². The first kappa shape index (κ1) is 27.7. The molecule has 38 heavy (non-hydrogen) atoms. The molecule has 4 rings (SSSR count). The van der Waals surface area contributed by atoms with Crippen LogP contribution in [0.5, 0.6) is 0 Å². The minimum absolute atomic E-state index is 0.000961. The Bertz CT molecular complexity index is 1300. The number of oxazole rings is 1. The second-order valence-electron chi connectivity index (χ2n) is 10.0. The van der Waals surface area contributed by atoms with Crippen molar-refractivity contribution in [3.63, 3.8) is 0 Å². The highest BCUT2D eigenvalue weighted by Crippen LogP contribution is 2.30. The molecule has 1 saturated heterocycles. The predicted molar refractivity (Wildman–Crippen MR) is 150 cm³/mol. The fourth-order valence-electron chi connectivity index (χ4n) is 3.91. The number of carbonyl (C=O) groups excluding carboxylic acids is 2. The second-order valence-corrected chi connectivity index (χ2v) is 11.4. The van der Waals surface area contributed by atoms with Crippen LogP contribution in [0.15, 0.2) is 58.8 Å². The fraction of sp³-hybridized carbons (Fsp3) is 0.370. The van der Waals surface area contributed by atoms with Gasteiger partial charge in [-0.25, -0.2) is 15.0 Å². The zero-order valence-electron chi connectivity index (χ0n) is 21.7. The van der Waals surface area contributed by atoms with Crippen molar-refractivity contribution in [3.8, 4) is 0 Å². The van der Waals surface area contributed by atoms with Crippen molar-refractivity contribution < 1.29 is 14.0 Å². The van der Waals surface area contributed by atoms with Crippen molar-refractivity contribution >= 4 is 46.8 Å². The van der Waals surface area contributed by atoms with Crippen LogP contribution < -0.4 is 10.6 Å². The molecule has 1 aliphatic heterocycles. The van der Waals surface area contributed by atoms with Crippen molar-refractivity contribution in [2.75, 3.05) is 23.7 Å². The minimum atomic E-state index is -0.299. The number of hydrogen-bond donors (Lipinski definition) is 2. The van der Waals surface area contributed by atoms with E-state index in [1.807, 2.05) is 4.90 Å². The Kier molecular flexibility index (Phi) is 8.73. The summed E-state index contributed by atoms with van der Waals surface area (Å²) in [5, 5.41) is 7.13. The molecule has 1 atom stereocenters. The molecule has 2 amide bonds. The topological polar surface area (TPSA) is 113 Å². The SMILES string of the molecule is C=CC(=O)Nc1ccc(C(=O)N2CCCC(Nc3ncc(Cl)c(SCc4ncc(C(C)(C)C)o4)n3)C2)cc1. The van der Waals surface area contributed by atoms with Crippen LogP contribution in [0.3, 0.4) is 0 Å². The van der Waals surface area contributed by atoms with Gasteiger partial charge in [0.05, 0.1) is 23.2 Å². The lowest BCUT2D eigenvalue weighted by Gasteiger charge is -2.33. The maximum atomic E-state index is 13.1. The normalized spacial score (nSPS) is 15.7. The van der Waals surface area contributed by atoms with E-state index in [0.29, 0.717) is 52.0 Å². The average molecular weight is 555 g/mol. The van der Waals surface area contributed by atoms with E-state index in [1.54, 1.807) is 36.7 Å². The van der Waals surface area contributed by atoms with Crippen LogP contribution in [0.25, 0.3) is 0 Å². The van der Waals surface area contributed by atoms with Gasteiger partial charge in [-0.1, -0.05) is 50.7 Å². The van der Waals surface area contributed by atoms with Crippen molar-refractivity contribution in [2.24, 2.45) is 0 Å². The number of carbonyl (C=O) groups is 2. The van der Waals surface area contributed by atoms with Gasteiger partial charge in [0.25, 0.3) is 5.91 Å². The Balaban J connectivity index is 1.35. The van der Waals surface area contributed by atoms with E-state index in [9.17, 15) is 9.59 Å². The van der Waals surface area contributed by atoms with E-state index >= 15 is 0 Å². The van der Waals surface area contributed by atoms with Gasteiger partial charge in [-0.05, 0) is 43.2 Å². The molecule has 0 radical (unpaired) electrons. The van der Waals surface area contributed by atoms with Gasteiger partial charge in [0.1, 0.15) is 10.8 Å². The molecule has 0 aliphatic carbocycles. The molecule has 0 bridgehead atoms. The average Bonchev–Trinajstić information content (AvgIpc) is 3.39. The number of rotatable bonds is 8. The number of nitrogens with one attached hydrogen (secondary N) is 2. The smallest absolute Gasteiger partial charge is 0.253 e. The number of aromatic nitrogens is 3. The molecule has 9 nitrogen and oxygen atoms in total. The molecule has 0 saturated carbocycles. The van der Waals surface area contributed by atoms with Gasteiger partial charge in [-0.15, -0.1) is 0 Å². The summed E-state index contributed by atoms with van der Waals surface area (Å²) in [5.74, 6) is 2.03. The van der Waals surface area contributed by atoms with E-state index in [4.69, 9.17) is 16.0 Å². The van der Waals surface area contributed by atoms with Crippen LogP contribution in [0, 0.1) is 0 Å². The first-order valence-electron chi connectivity index (χ1n) is 12.3. The summed E-state index contributed by atoms with van der Waals surface area (Å²) in [7, 11) is 0. The summed E-state index contributed by atoms with van der Waals surface area (Å²) < 4.78 is 5.87. The lowest BCUT2D eigenvalue weighted by molar-refractivity contribution is -0.111. The van der Waals surface area contributed by atoms with E-state index in [-0.39, 0.29) is 23.3 Å². The molecule has 1 unspecified atom stereocenters. The summed E-state index contributed by atoms with van der Waals surface area (Å²) in [6.07, 6.45) is 6.28. The molecule has 2 aromatic heterocycles. The molecule has 1 fully saturated rings. The number of hydrogen-bond acceptors (Lipinski definition) is 8. The van der Waals surface area contributed by atoms with E-state index < -0.39 is 0 Å². The first-order chi connectivity index (χ1) is 18.1. The highest BCUT2D eigenvalue weighted by molar-refractivity contribution is 7.98. The van der Waals surface area contributed by atoms with E-state index in [1.165, 1.54) is 17.8 Å². The molecule has 3 heterocycles. The van der Waals surface area contributed by atoms with Crippen LogP contribution in [0.1, 0.15) is 55.6 Å². The van der Waals surface area contributed by atoms with Crippen LogP contribution in [0.4, 0.5) is 11.6 Å². The maximum Gasteiger partial charge on any atom is 0.253 e. The number of likely N-dealkylation sites (tertiary alicyclic amines) is 1. The highest BCUT2D eigenvalue weighted by atomic mass is 35.5. The third-order valence-corrected chi connectivity index (χ3v) is 7.33. The van der Waals surface area contributed by atoms with Crippen LogP contribution in [0.2, 0.25) is 5.02 Å². The molecular weight excluding hydrogens is 524 g/mol. The monoisotopic (exact) mass is 554 g/mol. The van der Waals surface area contributed by atoms with Gasteiger partial charge >= 0.3 is 0 Å². The van der Waals surface area contributed by atoms with Crippen LogP contribution >= 0.6 is 23.4 Å². The highest BCUT2D eigenvalue weighted by Gasteiger charge is 2.25. The quantitative estimate of drug-likeness (QED) is 0.212. The summed E-state index contributed by atoms with van der Waals surface area (Å²) in [4.78, 5) is 39.7.